The molecule has 90 valence electrons. The predicted molar refractivity (Wildman–Crippen MR) is 48.4 cm³/mol. The van der Waals surface area contributed by atoms with E-state index in [1.807, 2.05) is 0 Å². The van der Waals surface area contributed by atoms with Crippen LogP contribution >= 0.6 is 0 Å². The smallest absolute Gasteiger partial charge is 0.379 e. The fraction of sp³-hybridized carbons (Fsp3) is 1.00. The summed E-state index contributed by atoms with van der Waals surface area (Å²) in [6, 6.07) is -0.121. The summed E-state index contributed by atoms with van der Waals surface area (Å²) in [5, 5.41) is 0. The van der Waals surface area contributed by atoms with E-state index in [0.717, 1.165) is 0 Å². The van der Waals surface area contributed by atoms with Crippen LogP contribution in [0.4, 0.5) is 13.2 Å². The molecule has 0 aromatic heterocycles. The number of nitrogens with two attached hydrogens (primary N) is 1. The van der Waals surface area contributed by atoms with Crippen LogP contribution in [0.5, 0.6) is 0 Å². The van der Waals surface area contributed by atoms with E-state index in [9.17, 15) is 13.2 Å². The molecular formula is C9H16F3NO2. The van der Waals surface area contributed by atoms with E-state index < -0.39 is 12.6 Å². The van der Waals surface area contributed by atoms with Crippen molar-refractivity contribution in [1.29, 1.82) is 0 Å². The van der Waals surface area contributed by atoms with Gasteiger partial charge in [0.2, 0.25) is 0 Å². The quantitative estimate of drug-likeness (QED) is 0.739. The first kappa shape index (κ1) is 12.7. The van der Waals surface area contributed by atoms with Crippen LogP contribution in [0, 0.1) is 0 Å². The van der Waals surface area contributed by atoms with Crippen molar-refractivity contribution in [3.63, 3.8) is 0 Å². The lowest BCUT2D eigenvalue weighted by Crippen LogP contribution is -2.44. The Hall–Kier alpha value is -0.330. The minimum Gasteiger partial charge on any atom is -0.379 e. The summed E-state index contributed by atoms with van der Waals surface area (Å²) >= 11 is 0. The fourth-order valence-electron chi connectivity index (χ4n) is 1.41. The third kappa shape index (κ3) is 5.34. The highest BCUT2D eigenvalue weighted by Crippen LogP contribution is 2.21. The van der Waals surface area contributed by atoms with Crippen LogP contribution in [-0.4, -0.2) is 38.1 Å². The summed E-state index contributed by atoms with van der Waals surface area (Å²) < 4.78 is 45.7. The molecule has 2 atom stereocenters. The molecule has 1 rings (SSSR count). The third-order valence-electron chi connectivity index (χ3n) is 2.29. The Morgan fingerprint density at radius 2 is 2.13 bits per heavy atom. The zero-order chi connectivity index (χ0) is 11.3. The number of ether oxygens (including phenoxy) is 2. The van der Waals surface area contributed by atoms with Crippen molar-refractivity contribution in [1.82, 2.24) is 0 Å². The van der Waals surface area contributed by atoms with Gasteiger partial charge in [0, 0.05) is 25.7 Å². The molecule has 0 bridgehead atoms. The first-order chi connectivity index (χ1) is 6.99. The molecule has 1 aliphatic heterocycles. The van der Waals surface area contributed by atoms with E-state index in [4.69, 9.17) is 15.2 Å². The topological polar surface area (TPSA) is 44.5 Å². The van der Waals surface area contributed by atoms with Gasteiger partial charge in [0.25, 0.3) is 0 Å². The summed E-state index contributed by atoms with van der Waals surface area (Å²) in [4.78, 5) is 0. The first-order valence-corrected chi connectivity index (χ1v) is 5.01. The summed E-state index contributed by atoms with van der Waals surface area (Å²) in [7, 11) is 0. The Labute approximate surface area is 86.7 Å². The van der Waals surface area contributed by atoms with Crippen LogP contribution in [-0.2, 0) is 9.47 Å². The lowest BCUT2D eigenvalue weighted by Gasteiger charge is -2.28. The summed E-state index contributed by atoms with van der Waals surface area (Å²) in [5.74, 6) is 0. The van der Waals surface area contributed by atoms with E-state index in [-0.39, 0.29) is 25.2 Å². The Kier molecular flexibility index (Phi) is 4.82. The zero-order valence-corrected chi connectivity index (χ0v) is 8.43. The second-order valence-electron chi connectivity index (χ2n) is 3.66. The van der Waals surface area contributed by atoms with Crippen molar-refractivity contribution >= 4 is 0 Å². The van der Waals surface area contributed by atoms with Crippen LogP contribution in [0.1, 0.15) is 19.3 Å². The number of rotatable bonds is 4. The van der Waals surface area contributed by atoms with E-state index in [0.29, 0.717) is 19.6 Å². The highest BCUT2D eigenvalue weighted by Gasteiger charge is 2.27. The maximum Gasteiger partial charge on any atom is 0.389 e. The van der Waals surface area contributed by atoms with Crippen molar-refractivity contribution in [2.75, 3.05) is 19.8 Å². The van der Waals surface area contributed by atoms with Gasteiger partial charge in [-0.1, -0.05) is 0 Å². The molecule has 0 aliphatic carbocycles. The standard InChI is InChI=1S/C9H16F3NO2/c10-9(11,12)3-1-4-15-8-6-14-5-2-7(8)13/h7-8H,1-6,13H2. The molecule has 0 amide bonds. The molecule has 0 aromatic rings. The second-order valence-corrected chi connectivity index (χ2v) is 3.66. The molecule has 0 saturated carbocycles. The van der Waals surface area contributed by atoms with Crippen LogP contribution in [0.2, 0.25) is 0 Å². The highest BCUT2D eigenvalue weighted by atomic mass is 19.4. The molecule has 1 heterocycles. The van der Waals surface area contributed by atoms with Gasteiger partial charge >= 0.3 is 6.18 Å². The molecule has 3 nitrogen and oxygen atoms in total. The summed E-state index contributed by atoms with van der Waals surface area (Å²) in [6.07, 6.45) is -4.49. The fourth-order valence-corrected chi connectivity index (χ4v) is 1.41. The Morgan fingerprint density at radius 1 is 1.40 bits per heavy atom. The van der Waals surface area contributed by atoms with Crippen molar-refractivity contribution in [2.45, 2.75) is 37.6 Å². The van der Waals surface area contributed by atoms with Gasteiger partial charge in [-0.15, -0.1) is 0 Å². The summed E-state index contributed by atoms with van der Waals surface area (Å²) in [5.41, 5.74) is 5.72. The van der Waals surface area contributed by atoms with Gasteiger partial charge in [0.1, 0.15) is 0 Å². The lowest BCUT2D eigenvalue weighted by molar-refractivity contribution is -0.141. The minimum atomic E-state index is -4.10. The molecule has 6 heteroatoms. The van der Waals surface area contributed by atoms with Crippen molar-refractivity contribution < 1.29 is 22.6 Å². The van der Waals surface area contributed by atoms with Gasteiger partial charge in [0.15, 0.2) is 0 Å². The molecular weight excluding hydrogens is 211 g/mol. The van der Waals surface area contributed by atoms with Gasteiger partial charge in [0.05, 0.1) is 12.7 Å². The molecule has 1 fully saturated rings. The number of halogens is 3. The van der Waals surface area contributed by atoms with E-state index in [2.05, 4.69) is 0 Å². The maximum absolute atomic E-state index is 11.8. The molecule has 2 N–H and O–H groups in total. The normalized spacial score (nSPS) is 28.0. The van der Waals surface area contributed by atoms with Gasteiger partial charge in [-0.05, 0) is 12.8 Å². The van der Waals surface area contributed by atoms with Gasteiger partial charge in [-0.2, -0.15) is 13.2 Å². The minimum absolute atomic E-state index is 0.0211. The number of hydrogen-bond acceptors (Lipinski definition) is 3. The molecule has 1 saturated heterocycles. The average Bonchev–Trinajstić information content (AvgIpc) is 2.13. The van der Waals surface area contributed by atoms with Gasteiger partial charge in [-0.3, -0.25) is 0 Å². The Bertz CT molecular complexity index is 187. The van der Waals surface area contributed by atoms with Crippen molar-refractivity contribution in [3.05, 3.63) is 0 Å². The van der Waals surface area contributed by atoms with Gasteiger partial charge < -0.3 is 15.2 Å². The third-order valence-corrected chi connectivity index (χ3v) is 2.29. The monoisotopic (exact) mass is 227 g/mol. The average molecular weight is 227 g/mol. The Balaban J connectivity index is 2.08. The Morgan fingerprint density at radius 3 is 2.73 bits per heavy atom. The largest absolute Gasteiger partial charge is 0.389 e. The summed E-state index contributed by atoms with van der Waals surface area (Å²) in [6.45, 7) is 1.07. The first-order valence-electron chi connectivity index (χ1n) is 5.01. The zero-order valence-electron chi connectivity index (χ0n) is 8.43. The molecule has 0 aromatic carbocycles. The number of alkyl halides is 3. The highest BCUT2D eigenvalue weighted by molar-refractivity contribution is 4.76. The number of hydrogen-bond donors (Lipinski definition) is 1. The molecule has 0 spiro atoms. The van der Waals surface area contributed by atoms with Crippen LogP contribution in [0.3, 0.4) is 0 Å². The van der Waals surface area contributed by atoms with Crippen LogP contribution in [0.15, 0.2) is 0 Å². The molecule has 0 radical (unpaired) electrons. The predicted octanol–water partition coefficient (Wildman–Crippen LogP) is 1.46. The lowest BCUT2D eigenvalue weighted by atomic mass is 10.1. The van der Waals surface area contributed by atoms with E-state index in [1.165, 1.54) is 0 Å². The second kappa shape index (κ2) is 5.67. The van der Waals surface area contributed by atoms with Crippen molar-refractivity contribution in [2.24, 2.45) is 5.73 Å². The van der Waals surface area contributed by atoms with E-state index >= 15 is 0 Å². The van der Waals surface area contributed by atoms with E-state index in [1.54, 1.807) is 0 Å². The van der Waals surface area contributed by atoms with Crippen LogP contribution in [0.25, 0.3) is 0 Å². The maximum atomic E-state index is 11.8. The van der Waals surface area contributed by atoms with Crippen molar-refractivity contribution in [3.8, 4) is 0 Å². The molecule has 1 aliphatic rings. The van der Waals surface area contributed by atoms with Gasteiger partial charge in [-0.25, -0.2) is 0 Å². The van der Waals surface area contributed by atoms with Crippen LogP contribution < -0.4 is 5.73 Å². The molecule has 15 heavy (non-hydrogen) atoms. The molecule has 2 unspecified atom stereocenters. The SMILES string of the molecule is NC1CCOCC1OCCCC(F)(F)F.